The third-order valence-corrected chi connectivity index (χ3v) is 3.11. The Labute approximate surface area is 103 Å². The Hall–Kier alpha value is -1.69. The average molecular weight is 250 g/mol. The highest BCUT2D eigenvalue weighted by atomic mass is 32.1. The third-order valence-electron chi connectivity index (χ3n) is 2.17. The van der Waals surface area contributed by atoms with Crippen LogP contribution in [-0.4, -0.2) is 21.3 Å². The fraction of sp³-hybridized carbons (Fsp3) is 0.364. The molecule has 0 fully saturated rings. The number of hydrogen-bond acceptors (Lipinski definition) is 5. The second-order valence-corrected chi connectivity index (χ2v) is 4.69. The summed E-state index contributed by atoms with van der Waals surface area (Å²) < 4.78 is 1.43. The van der Waals surface area contributed by atoms with Crippen LogP contribution in [0.5, 0.6) is 0 Å². The largest absolute Gasteiger partial charge is 0.362 e. The van der Waals surface area contributed by atoms with E-state index in [0.29, 0.717) is 6.54 Å². The number of thiazole rings is 1. The second-order valence-electron chi connectivity index (χ2n) is 3.58. The number of anilines is 1. The van der Waals surface area contributed by atoms with Crippen molar-refractivity contribution in [2.75, 3.05) is 11.9 Å². The van der Waals surface area contributed by atoms with Gasteiger partial charge in [0.2, 0.25) is 0 Å². The molecule has 0 aromatic carbocycles. The first-order valence-corrected chi connectivity index (χ1v) is 6.32. The fourth-order valence-electron chi connectivity index (χ4n) is 1.35. The molecule has 2 heterocycles. The average Bonchev–Trinajstić information content (AvgIpc) is 2.77. The van der Waals surface area contributed by atoms with E-state index in [1.165, 1.54) is 10.7 Å². The Kier molecular flexibility index (Phi) is 3.87. The van der Waals surface area contributed by atoms with Crippen LogP contribution < -0.4 is 10.9 Å². The topological polar surface area (TPSA) is 59.8 Å². The van der Waals surface area contributed by atoms with Gasteiger partial charge < -0.3 is 5.32 Å². The highest BCUT2D eigenvalue weighted by molar-refractivity contribution is 7.15. The minimum atomic E-state index is -0.0935. The van der Waals surface area contributed by atoms with Gasteiger partial charge in [0.05, 0.1) is 6.54 Å². The molecule has 0 bridgehead atoms. The van der Waals surface area contributed by atoms with Crippen molar-refractivity contribution in [2.45, 2.75) is 19.9 Å². The first kappa shape index (κ1) is 11.8. The predicted octanol–water partition coefficient (Wildman–Crippen LogP) is 1.57. The molecule has 1 N–H and O–H groups in total. The van der Waals surface area contributed by atoms with Crippen molar-refractivity contribution in [3.8, 4) is 0 Å². The van der Waals surface area contributed by atoms with Crippen LogP contribution in [0.4, 0.5) is 5.13 Å². The molecule has 0 atom stereocenters. The standard InChI is InChI=1S/C11H14N4OS/c1-2-5-12-11-13-7-9(17-11)8-15-10(16)4-3-6-14-15/h3-4,6-7H,2,5,8H2,1H3,(H,12,13). The molecule has 2 aromatic rings. The van der Waals surface area contributed by atoms with Crippen molar-refractivity contribution < 1.29 is 0 Å². The van der Waals surface area contributed by atoms with E-state index in [0.717, 1.165) is 23.0 Å². The van der Waals surface area contributed by atoms with E-state index in [1.54, 1.807) is 29.8 Å². The first-order valence-electron chi connectivity index (χ1n) is 5.50. The van der Waals surface area contributed by atoms with E-state index in [9.17, 15) is 4.79 Å². The summed E-state index contributed by atoms with van der Waals surface area (Å²) in [5.41, 5.74) is -0.0935. The molecule has 0 amide bonds. The van der Waals surface area contributed by atoms with E-state index >= 15 is 0 Å². The fourth-order valence-corrected chi connectivity index (χ4v) is 2.17. The minimum absolute atomic E-state index is 0.0935. The molecule has 0 aliphatic heterocycles. The van der Waals surface area contributed by atoms with E-state index in [1.807, 2.05) is 0 Å². The molecule has 0 aliphatic rings. The third kappa shape index (κ3) is 3.13. The molecule has 17 heavy (non-hydrogen) atoms. The van der Waals surface area contributed by atoms with Gasteiger partial charge in [0.1, 0.15) is 0 Å². The minimum Gasteiger partial charge on any atom is -0.362 e. The Morgan fingerprint density at radius 3 is 3.18 bits per heavy atom. The highest BCUT2D eigenvalue weighted by Crippen LogP contribution is 2.18. The van der Waals surface area contributed by atoms with Gasteiger partial charge in [-0.05, 0) is 12.5 Å². The lowest BCUT2D eigenvalue weighted by molar-refractivity contribution is 0.644. The maximum Gasteiger partial charge on any atom is 0.267 e. The van der Waals surface area contributed by atoms with Gasteiger partial charge >= 0.3 is 0 Å². The molecule has 5 nitrogen and oxygen atoms in total. The van der Waals surface area contributed by atoms with Crippen LogP contribution in [-0.2, 0) is 6.54 Å². The van der Waals surface area contributed by atoms with Gasteiger partial charge in [0.15, 0.2) is 5.13 Å². The maximum absolute atomic E-state index is 11.5. The summed E-state index contributed by atoms with van der Waals surface area (Å²) in [6, 6.07) is 3.14. The first-order chi connectivity index (χ1) is 8.29. The van der Waals surface area contributed by atoms with Gasteiger partial charge in [-0.25, -0.2) is 9.67 Å². The summed E-state index contributed by atoms with van der Waals surface area (Å²) >= 11 is 1.55. The molecule has 2 aromatic heterocycles. The Balaban J connectivity index is 2.07. The predicted molar refractivity (Wildman–Crippen MR) is 68.5 cm³/mol. The Morgan fingerprint density at radius 2 is 2.41 bits per heavy atom. The van der Waals surface area contributed by atoms with Crippen molar-refractivity contribution in [2.24, 2.45) is 0 Å². The van der Waals surface area contributed by atoms with Gasteiger partial charge in [0.25, 0.3) is 5.56 Å². The second kappa shape index (κ2) is 5.58. The number of hydrogen-bond donors (Lipinski definition) is 1. The maximum atomic E-state index is 11.5. The molecule has 6 heteroatoms. The van der Waals surface area contributed by atoms with Crippen molar-refractivity contribution >= 4 is 16.5 Å². The van der Waals surface area contributed by atoms with Gasteiger partial charge in [-0.15, -0.1) is 11.3 Å². The molecular formula is C11H14N4OS. The van der Waals surface area contributed by atoms with Gasteiger partial charge in [0, 0.05) is 29.9 Å². The molecule has 0 saturated heterocycles. The smallest absolute Gasteiger partial charge is 0.267 e. The lowest BCUT2D eigenvalue weighted by atomic mass is 10.5. The zero-order valence-electron chi connectivity index (χ0n) is 9.59. The van der Waals surface area contributed by atoms with Crippen LogP contribution in [0.25, 0.3) is 0 Å². The van der Waals surface area contributed by atoms with E-state index in [2.05, 4.69) is 22.3 Å². The van der Waals surface area contributed by atoms with Crippen molar-refractivity contribution in [3.63, 3.8) is 0 Å². The van der Waals surface area contributed by atoms with Crippen LogP contribution in [0, 0.1) is 0 Å². The van der Waals surface area contributed by atoms with Crippen LogP contribution >= 0.6 is 11.3 Å². The Morgan fingerprint density at radius 1 is 1.53 bits per heavy atom. The number of nitrogens with zero attached hydrogens (tertiary/aromatic N) is 3. The number of rotatable bonds is 5. The van der Waals surface area contributed by atoms with E-state index < -0.39 is 0 Å². The molecule has 0 saturated carbocycles. The summed E-state index contributed by atoms with van der Waals surface area (Å²) in [7, 11) is 0. The SMILES string of the molecule is CCCNc1ncc(Cn2ncccc2=O)s1. The molecule has 0 spiro atoms. The quantitative estimate of drug-likeness (QED) is 0.875. The highest BCUT2D eigenvalue weighted by Gasteiger charge is 2.03. The van der Waals surface area contributed by atoms with Crippen LogP contribution in [0.3, 0.4) is 0 Å². The molecule has 0 unspecified atom stereocenters. The van der Waals surface area contributed by atoms with Gasteiger partial charge in [-0.1, -0.05) is 6.92 Å². The zero-order chi connectivity index (χ0) is 12.1. The molecule has 2 rings (SSSR count). The summed E-state index contributed by atoms with van der Waals surface area (Å²) in [6.45, 7) is 3.50. The van der Waals surface area contributed by atoms with Crippen LogP contribution in [0.2, 0.25) is 0 Å². The van der Waals surface area contributed by atoms with Gasteiger partial charge in [-0.3, -0.25) is 4.79 Å². The van der Waals surface area contributed by atoms with Crippen molar-refractivity contribution in [3.05, 3.63) is 39.8 Å². The molecule has 0 radical (unpaired) electrons. The van der Waals surface area contributed by atoms with Crippen molar-refractivity contribution in [1.82, 2.24) is 14.8 Å². The summed E-state index contributed by atoms with van der Waals surface area (Å²) in [5.74, 6) is 0. The molecule has 0 aliphatic carbocycles. The number of nitrogens with one attached hydrogen (secondary N) is 1. The van der Waals surface area contributed by atoms with Crippen molar-refractivity contribution in [1.29, 1.82) is 0 Å². The van der Waals surface area contributed by atoms with Crippen LogP contribution in [0.15, 0.2) is 29.3 Å². The summed E-state index contributed by atoms with van der Waals surface area (Å²) in [4.78, 5) is 16.7. The monoisotopic (exact) mass is 250 g/mol. The molecular weight excluding hydrogens is 236 g/mol. The van der Waals surface area contributed by atoms with Crippen LogP contribution in [0.1, 0.15) is 18.2 Å². The summed E-state index contributed by atoms with van der Waals surface area (Å²) in [6.07, 6.45) is 4.46. The van der Waals surface area contributed by atoms with E-state index in [-0.39, 0.29) is 5.56 Å². The van der Waals surface area contributed by atoms with E-state index in [4.69, 9.17) is 0 Å². The normalized spacial score (nSPS) is 10.4. The number of aromatic nitrogens is 3. The van der Waals surface area contributed by atoms with Gasteiger partial charge in [-0.2, -0.15) is 5.10 Å². The lowest BCUT2D eigenvalue weighted by Crippen LogP contribution is -2.21. The summed E-state index contributed by atoms with van der Waals surface area (Å²) in [5, 5.41) is 8.12. The lowest BCUT2D eigenvalue weighted by Gasteiger charge is -2.00. The molecule has 90 valence electrons. The Bertz CT molecular complexity index is 534. The zero-order valence-corrected chi connectivity index (χ0v) is 10.4.